The first-order valence-electron chi connectivity index (χ1n) is 8.11. The van der Waals surface area contributed by atoms with Crippen molar-refractivity contribution in [1.82, 2.24) is 0 Å². The van der Waals surface area contributed by atoms with Crippen LogP contribution in [-0.2, 0) is 16.0 Å². The van der Waals surface area contributed by atoms with Crippen LogP contribution in [0.2, 0.25) is 0 Å². The molecular formula is C20H22O2. The molecule has 4 rings (SSSR count). The van der Waals surface area contributed by atoms with Crippen molar-refractivity contribution in [1.29, 1.82) is 0 Å². The minimum absolute atomic E-state index is 0.00165. The maximum Gasteiger partial charge on any atom is 0.314 e. The predicted octanol–water partition coefficient (Wildman–Crippen LogP) is 4.02. The second-order valence-corrected chi connectivity index (χ2v) is 7.48. The summed E-state index contributed by atoms with van der Waals surface area (Å²) in [6.07, 6.45) is 8.29. The molecule has 1 heterocycles. The van der Waals surface area contributed by atoms with Gasteiger partial charge in [-0.1, -0.05) is 49.1 Å². The average molecular weight is 294 g/mol. The molecule has 3 aliphatic rings. The van der Waals surface area contributed by atoms with Crippen LogP contribution >= 0.6 is 0 Å². The van der Waals surface area contributed by atoms with Crippen LogP contribution in [0.5, 0.6) is 0 Å². The van der Waals surface area contributed by atoms with E-state index in [1.807, 2.05) is 18.2 Å². The van der Waals surface area contributed by atoms with E-state index < -0.39 is 0 Å². The number of ether oxygens (including phenoxy) is 1. The number of rotatable bonds is 3. The van der Waals surface area contributed by atoms with E-state index >= 15 is 0 Å². The Balaban J connectivity index is 1.83. The first-order valence-corrected chi connectivity index (χ1v) is 8.11. The molecule has 0 aromatic heterocycles. The summed E-state index contributed by atoms with van der Waals surface area (Å²) in [7, 11) is 0. The normalized spacial score (nSPS) is 37.2. The maximum atomic E-state index is 12.9. The lowest BCUT2D eigenvalue weighted by Crippen LogP contribution is -2.42. The highest BCUT2D eigenvalue weighted by Gasteiger charge is 2.70. The van der Waals surface area contributed by atoms with Crippen LogP contribution in [-0.4, -0.2) is 11.6 Å². The van der Waals surface area contributed by atoms with Crippen LogP contribution in [0, 0.1) is 23.2 Å². The highest BCUT2D eigenvalue weighted by atomic mass is 16.6. The van der Waals surface area contributed by atoms with Gasteiger partial charge in [0.2, 0.25) is 0 Å². The number of carbonyl (C=O) groups is 1. The van der Waals surface area contributed by atoms with Gasteiger partial charge in [-0.2, -0.15) is 0 Å². The number of hydrogen-bond acceptors (Lipinski definition) is 2. The molecule has 0 spiro atoms. The Labute approximate surface area is 131 Å². The summed E-state index contributed by atoms with van der Waals surface area (Å²) in [5.41, 5.74) is 1.57. The van der Waals surface area contributed by atoms with Gasteiger partial charge in [0.05, 0.1) is 5.41 Å². The molecule has 0 N–H and O–H groups in total. The lowest BCUT2D eigenvalue weighted by Gasteiger charge is -2.36. The zero-order valence-corrected chi connectivity index (χ0v) is 13.2. The standard InChI is InChI=1S/C20H22O2/c1-4-13-7-5-6-8-15(13)12-20-16-10-9-14(11-16)17(20)19(2,3)22-18(20)21/h4-10,14,16-17H,1,11-12H2,2-3H3. The molecule has 0 amide bonds. The van der Waals surface area contributed by atoms with Gasteiger partial charge in [0.15, 0.2) is 0 Å². The summed E-state index contributed by atoms with van der Waals surface area (Å²) in [6, 6.07) is 8.26. The van der Waals surface area contributed by atoms with Crippen LogP contribution in [0.15, 0.2) is 43.0 Å². The third-order valence-electron chi connectivity index (χ3n) is 6.00. The summed E-state index contributed by atoms with van der Waals surface area (Å²) in [5, 5.41) is 0. The van der Waals surface area contributed by atoms with Gasteiger partial charge in [0.25, 0.3) is 0 Å². The fourth-order valence-electron chi connectivity index (χ4n) is 5.30. The van der Waals surface area contributed by atoms with Gasteiger partial charge in [-0.05, 0) is 49.7 Å². The Hall–Kier alpha value is -1.83. The molecule has 1 saturated heterocycles. The second-order valence-electron chi connectivity index (χ2n) is 7.48. The fourth-order valence-corrected chi connectivity index (χ4v) is 5.30. The molecular weight excluding hydrogens is 272 g/mol. The first kappa shape index (κ1) is 13.8. The number of benzene rings is 1. The van der Waals surface area contributed by atoms with E-state index in [9.17, 15) is 4.79 Å². The first-order chi connectivity index (χ1) is 10.5. The highest BCUT2D eigenvalue weighted by molar-refractivity contribution is 5.83. The molecule has 114 valence electrons. The van der Waals surface area contributed by atoms with Gasteiger partial charge in [-0.25, -0.2) is 0 Å². The van der Waals surface area contributed by atoms with Crippen molar-refractivity contribution in [2.24, 2.45) is 23.2 Å². The minimum Gasteiger partial charge on any atom is -0.459 e. The lowest BCUT2D eigenvalue weighted by molar-refractivity contribution is -0.153. The van der Waals surface area contributed by atoms with Crippen LogP contribution in [0.1, 0.15) is 31.4 Å². The third-order valence-corrected chi connectivity index (χ3v) is 6.00. The summed E-state index contributed by atoms with van der Waals surface area (Å²) in [4.78, 5) is 12.9. The molecule has 2 nitrogen and oxygen atoms in total. The van der Waals surface area contributed by atoms with E-state index in [0.29, 0.717) is 11.8 Å². The molecule has 1 aromatic rings. The van der Waals surface area contributed by atoms with Crippen molar-refractivity contribution in [3.8, 4) is 0 Å². The molecule has 4 atom stereocenters. The average Bonchev–Trinajstić information content (AvgIpc) is 3.11. The molecule has 2 bridgehead atoms. The Kier molecular flexibility index (Phi) is 2.73. The van der Waals surface area contributed by atoms with Crippen molar-refractivity contribution in [2.75, 3.05) is 0 Å². The number of cyclic esters (lactones) is 1. The molecule has 22 heavy (non-hydrogen) atoms. The molecule has 2 aliphatic carbocycles. The topological polar surface area (TPSA) is 26.3 Å². The highest BCUT2D eigenvalue weighted by Crippen LogP contribution is 2.65. The lowest BCUT2D eigenvalue weighted by atomic mass is 9.62. The van der Waals surface area contributed by atoms with Gasteiger partial charge in [0, 0.05) is 5.92 Å². The number of allylic oxidation sites excluding steroid dienone is 2. The van der Waals surface area contributed by atoms with Crippen LogP contribution in [0.3, 0.4) is 0 Å². The van der Waals surface area contributed by atoms with Gasteiger partial charge in [-0.3, -0.25) is 4.79 Å². The van der Waals surface area contributed by atoms with E-state index in [1.165, 1.54) is 5.56 Å². The Bertz CT molecular complexity index is 685. The van der Waals surface area contributed by atoms with Crippen molar-refractivity contribution < 1.29 is 9.53 Å². The zero-order valence-electron chi connectivity index (χ0n) is 13.2. The van der Waals surface area contributed by atoms with Crippen LogP contribution in [0.4, 0.5) is 0 Å². The third kappa shape index (κ3) is 1.58. The quantitative estimate of drug-likeness (QED) is 0.622. The fraction of sp³-hybridized carbons (Fsp3) is 0.450. The van der Waals surface area contributed by atoms with E-state index in [1.54, 1.807) is 0 Å². The number of fused-ring (bicyclic) bond motifs is 5. The van der Waals surface area contributed by atoms with Crippen LogP contribution < -0.4 is 0 Å². The summed E-state index contributed by atoms with van der Waals surface area (Å²) < 4.78 is 5.84. The van der Waals surface area contributed by atoms with Crippen molar-refractivity contribution in [3.63, 3.8) is 0 Å². The van der Waals surface area contributed by atoms with Gasteiger partial charge < -0.3 is 4.74 Å². The molecule has 2 heteroatoms. The van der Waals surface area contributed by atoms with Crippen LogP contribution in [0.25, 0.3) is 6.08 Å². The van der Waals surface area contributed by atoms with Gasteiger partial charge >= 0.3 is 5.97 Å². The summed E-state index contributed by atoms with van der Waals surface area (Å²) in [5.74, 6) is 1.07. The second kappa shape index (κ2) is 4.34. The summed E-state index contributed by atoms with van der Waals surface area (Å²) >= 11 is 0. The summed E-state index contributed by atoms with van der Waals surface area (Å²) in [6.45, 7) is 8.06. The monoisotopic (exact) mass is 294 g/mol. The Morgan fingerprint density at radius 2 is 2.09 bits per heavy atom. The smallest absolute Gasteiger partial charge is 0.314 e. The molecule has 0 radical (unpaired) electrons. The molecule has 1 aromatic carbocycles. The maximum absolute atomic E-state index is 12.9. The van der Waals surface area contributed by atoms with E-state index in [4.69, 9.17) is 4.74 Å². The predicted molar refractivity (Wildman–Crippen MR) is 87.1 cm³/mol. The minimum atomic E-state index is -0.387. The largest absolute Gasteiger partial charge is 0.459 e. The zero-order chi connectivity index (χ0) is 15.5. The molecule has 1 aliphatic heterocycles. The molecule has 1 saturated carbocycles. The van der Waals surface area contributed by atoms with Gasteiger partial charge in [0.1, 0.15) is 5.60 Å². The number of esters is 1. The van der Waals surface area contributed by atoms with E-state index in [-0.39, 0.29) is 22.9 Å². The van der Waals surface area contributed by atoms with Crippen molar-refractivity contribution in [2.45, 2.75) is 32.3 Å². The Morgan fingerprint density at radius 3 is 2.86 bits per heavy atom. The number of hydrogen-bond donors (Lipinski definition) is 0. The SMILES string of the molecule is C=Cc1ccccc1CC12C(=O)OC(C)(C)C1C1C=CC2C1. The Morgan fingerprint density at radius 1 is 1.32 bits per heavy atom. The van der Waals surface area contributed by atoms with Crippen molar-refractivity contribution >= 4 is 12.0 Å². The molecule has 2 fully saturated rings. The number of carbonyl (C=O) groups excluding carboxylic acids is 1. The van der Waals surface area contributed by atoms with Gasteiger partial charge in [-0.15, -0.1) is 0 Å². The van der Waals surface area contributed by atoms with E-state index in [2.05, 4.69) is 44.7 Å². The molecule has 4 unspecified atom stereocenters. The van der Waals surface area contributed by atoms with E-state index in [0.717, 1.165) is 18.4 Å². The van der Waals surface area contributed by atoms with Crippen molar-refractivity contribution in [3.05, 3.63) is 54.1 Å².